The summed E-state index contributed by atoms with van der Waals surface area (Å²) >= 11 is 0. The Morgan fingerprint density at radius 3 is 2.79 bits per heavy atom. The molecular formula is C10H17N3O. The number of hydrazone groups is 1. The maximum atomic E-state index is 10.5. The molecule has 0 aromatic carbocycles. The van der Waals surface area contributed by atoms with Gasteiger partial charge in [-0.05, 0) is 31.1 Å². The van der Waals surface area contributed by atoms with Gasteiger partial charge in [-0.1, -0.05) is 13.8 Å². The van der Waals surface area contributed by atoms with Crippen molar-refractivity contribution in [2.75, 3.05) is 0 Å². The van der Waals surface area contributed by atoms with Crippen molar-refractivity contribution in [3.63, 3.8) is 0 Å². The van der Waals surface area contributed by atoms with E-state index in [0.717, 1.165) is 24.0 Å². The van der Waals surface area contributed by atoms with E-state index >= 15 is 0 Å². The van der Waals surface area contributed by atoms with Gasteiger partial charge < -0.3 is 5.73 Å². The van der Waals surface area contributed by atoms with Crippen LogP contribution in [0.3, 0.4) is 0 Å². The highest BCUT2D eigenvalue weighted by molar-refractivity contribution is 5.93. The van der Waals surface area contributed by atoms with Gasteiger partial charge in [0.2, 0.25) is 0 Å². The van der Waals surface area contributed by atoms with E-state index in [1.807, 2.05) is 0 Å². The maximum Gasteiger partial charge on any atom is 0.332 e. The number of hydrogen-bond donors (Lipinski definition) is 2. The smallest absolute Gasteiger partial charge is 0.332 e. The second-order valence-corrected chi connectivity index (χ2v) is 4.94. The molecule has 3 unspecified atom stereocenters. The fourth-order valence-electron chi connectivity index (χ4n) is 3.05. The van der Waals surface area contributed by atoms with Crippen LogP contribution in [0, 0.1) is 17.3 Å². The number of carbonyl (C=O) groups excluding carboxylic acids is 1. The molecule has 2 aliphatic carbocycles. The molecule has 2 saturated carbocycles. The molecule has 2 aliphatic rings. The first-order chi connectivity index (χ1) is 6.51. The second-order valence-electron chi connectivity index (χ2n) is 4.94. The van der Waals surface area contributed by atoms with Crippen molar-refractivity contribution in [3.8, 4) is 0 Å². The third-order valence-electron chi connectivity index (χ3n) is 3.74. The van der Waals surface area contributed by atoms with Gasteiger partial charge in [-0.15, -0.1) is 0 Å². The number of nitrogens with zero attached hydrogens (tertiary/aromatic N) is 1. The fourth-order valence-corrected chi connectivity index (χ4v) is 3.05. The highest BCUT2D eigenvalue weighted by Gasteiger charge is 2.50. The zero-order valence-corrected chi connectivity index (χ0v) is 8.71. The molecule has 2 rings (SSSR count). The summed E-state index contributed by atoms with van der Waals surface area (Å²) in [6, 6.07) is -0.572. The number of carbonyl (C=O) groups is 1. The Balaban J connectivity index is 2.11. The zero-order chi connectivity index (χ0) is 10.3. The van der Waals surface area contributed by atoms with Gasteiger partial charge in [0.05, 0.1) is 0 Å². The highest BCUT2D eigenvalue weighted by atomic mass is 16.2. The van der Waals surface area contributed by atoms with Crippen LogP contribution in [0.1, 0.15) is 33.1 Å². The third kappa shape index (κ3) is 1.38. The summed E-state index contributed by atoms with van der Waals surface area (Å²) in [5, 5.41) is 4.10. The van der Waals surface area contributed by atoms with E-state index in [4.69, 9.17) is 5.73 Å². The van der Waals surface area contributed by atoms with Gasteiger partial charge in [-0.3, -0.25) is 0 Å². The summed E-state index contributed by atoms with van der Waals surface area (Å²) in [5.41, 5.74) is 8.66. The van der Waals surface area contributed by atoms with Crippen LogP contribution in [0.4, 0.5) is 4.79 Å². The molecule has 14 heavy (non-hydrogen) atoms. The minimum atomic E-state index is -0.572. The lowest BCUT2D eigenvalue weighted by Crippen LogP contribution is -2.31. The number of nitrogens with one attached hydrogen (secondary N) is 1. The molecule has 78 valence electrons. The summed E-state index contributed by atoms with van der Waals surface area (Å²) in [6.07, 6.45) is 3.43. The molecule has 0 spiro atoms. The molecule has 0 radical (unpaired) electrons. The van der Waals surface area contributed by atoms with Gasteiger partial charge in [0.1, 0.15) is 0 Å². The number of amides is 2. The van der Waals surface area contributed by atoms with Gasteiger partial charge in [-0.2, -0.15) is 5.10 Å². The maximum absolute atomic E-state index is 10.5. The Bertz CT molecular complexity index is 296. The van der Waals surface area contributed by atoms with Gasteiger partial charge in [0.15, 0.2) is 0 Å². The van der Waals surface area contributed by atoms with Crippen LogP contribution in [0.5, 0.6) is 0 Å². The Morgan fingerprint density at radius 1 is 1.64 bits per heavy atom. The van der Waals surface area contributed by atoms with E-state index in [-0.39, 0.29) is 5.41 Å². The molecule has 0 saturated heterocycles. The lowest BCUT2D eigenvalue weighted by Gasteiger charge is -2.25. The molecule has 4 nitrogen and oxygen atoms in total. The summed E-state index contributed by atoms with van der Waals surface area (Å²) in [4.78, 5) is 10.5. The topological polar surface area (TPSA) is 67.5 Å². The van der Waals surface area contributed by atoms with Gasteiger partial charge in [-0.25, -0.2) is 10.2 Å². The lowest BCUT2D eigenvalue weighted by molar-refractivity contribution is 0.249. The van der Waals surface area contributed by atoms with Crippen LogP contribution >= 0.6 is 0 Å². The van der Waals surface area contributed by atoms with Gasteiger partial charge in [0.25, 0.3) is 0 Å². The standard InChI is InChI=1S/C10H17N3O/c1-6-4-10(2)5-7(6)3-8(10)12-13-9(11)14/h6-7H,3-5H2,1-2H3,(H3,11,13,14)/b12-8+. The number of rotatable bonds is 1. The van der Waals surface area contributed by atoms with E-state index in [9.17, 15) is 4.79 Å². The van der Waals surface area contributed by atoms with Gasteiger partial charge in [0, 0.05) is 11.1 Å². The van der Waals surface area contributed by atoms with Crippen LogP contribution in [-0.2, 0) is 0 Å². The molecule has 0 aromatic rings. The monoisotopic (exact) mass is 195 g/mol. The Hall–Kier alpha value is -1.06. The Labute approximate surface area is 83.9 Å². The van der Waals surface area contributed by atoms with E-state index < -0.39 is 6.03 Å². The molecule has 0 heterocycles. The van der Waals surface area contributed by atoms with Crippen molar-refractivity contribution in [3.05, 3.63) is 0 Å². The quantitative estimate of drug-likeness (QED) is 0.611. The molecule has 0 aliphatic heterocycles. The van der Waals surface area contributed by atoms with E-state index in [2.05, 4.69) is 24.4 Å². The van der Waals surface area contributed by atoms with Crippen LogP contribution in [-0.4, -0.2) is 11.7 Å². The zero-order valence-electron chi connectivity index (χ0n) is 8.71. The average molecular weight is 195 g/mol. The van der Waals surface area contributed by atoms with Crippen LogP contribution < -0.4 is 11.2 Å². The minimum absolute atomic E-state index is 0.215. The van der Waals surface area contributed by atoms with E-state index in [0.29, 0.717) is 0 Å². The number of fused-ring (bicyclic) bond motifs is 2. The molecule has 4 heteroatoms. The largest absolute Gasteiger partial charge is 0.350 e. The van der Waals surface area contributed by atoms with Crippen LogP contribution in [0.2, 0.25) is 0 Å². The van der Waals surface area contributed by atoms with E-state index in [1.165, 1.54) is 12.8 Å². The minimum Gasteiger partial charge on any atom is -0.350 e. The van der Waals surface area contributed by atoms with Crippen molar-refractivity contribution in [1.82, 2.24) is 5.43 Å². The summed E-state index contributed by atoms with van der Waals surface area (Å²) in [6.45, 7) is 4.53. The first kappa shape index (κ1) is 9.49. The number of nitrogens with two attached hydrogens (primary N) is 1. The van der Waals surface area contributed by atoms with Crippen molar-refractivity contribution < 1.29 is 4.79 Å². The summed E-state index contributed by atoms with van der Waals surface area (Å²) < 4.78 is 0. The first-order valence-electron chi connectivity index (χ1n) is 5.14. The normalized spacial score (nSPS) is 43.1. The molecule has 0 aromatic heterocycles. The van der Waals surface area contributed by atoms with E-state index in [1.54, 1.807) is 0 Å². The summed E-state index contributed by atoms with van der Waals surface area (Å²) in [7, 11) is 0. The molecule has 2 bridgehead atoms. The van der Waals surface area contributed by atoms with Crippen LogP contribution in [0.15, 0.2) is 5.10 Å². The van der Waals surface area contributed by atoms with Crippen molar-refractivity contribution in [2.45, 2.75) is 33.1 Å². The summed E-state index contributed by atoms with van der Waals surface area (Å²) in [5.74, 6) is 1.56. The number of hydrogen-bond acceptors (Lipinski definition) is 2. The fraction of sp³-hybridized carbons (Fsp3) is 0.800. The van der Waals surface area contributed by atoms with Crippen molar-refractivity contribution in [2.24, 2.45) is 28.1 Å². The first-order valence-corrected chi connectivity index (χ1v) is 5.14. The third-order valence-corrected chi connectivity index (χ3v) is 3.74. The molecule has 3 atom stereocenters. The van der Waals surface area contributed by atoms with Crippen molar-refractivity contribution >= 4 is 11.7 Å². The number of urea groups is 1. The van der Waals surface area contributed by atoms with Crippen molar-refractivity contribution in [1.29, 1.82) is 0 Å². The second kappa shape index (κ2) is 2.97. The van der Waals surface area contributed by atoms with Crippen LogP contribution in [0.25, 0.3) is 0 Å². The SMILES string of the molecule is CC1CC2(C)CC1C/C2=N\NC(N)=O. The molecule has 2 fully saturated rings. The predicted octanol–water partition coefficient (Wildman–Crippen LogP) is 1.47. The number of primary amides is 1. The molecule has 2 amide bonds. The highest BCUT2D eigenvalue weighted by Crippen LogP contribution is 2.54. The Kier molecular flexibility index (Phi) is 2.01. The molecular weight excluding hydrogens is 178 g/mol. The lowest BCUT2D eigenvalue weighted by atomic mass is 9.81. The van der Waals surface area contributed by atoms with Gasteiger partial charge >= 0.3 is 6.03 Å². The predicted molar refractivity (Wildman–Crippen MR) is 54.8 cm³/mol. The Morgan fingerprint density at radius 2 is 2.36 bits per heavy atom. The molecule has 3 N–H and O–H groups in total. The average Bonchev–Trinajstić information content (AvgIpc) is 2.52.